The van der Waals surface area contributed by atoms with Crippen molar-refractivity contribution in [2.75, 3.05) is 12.4 Å². The lowest BCUT2D eigenvalue weighted by molar-refractivity contribution is -0.125. The van der Waals surface area contributed by atoms with E-state index < -0.39 is 5.97 Å². The minimum Gasteiger partial charge on any atom is -0.465 e. The number of carbonyl (C=O) groups is 3. The summed E-state index contributed by atoms with van der Waals surface area (Å²) in [4.78, 5) is 36.9. The van der Waals surface area contributed by atoms with Crippen molar-refractivity contribution in [2.24, 2.45) is 34.5 Å². The molecule has 8 heteroatoms. The van der Waals surface area contributed by atoms with Gasteiger partial charge in [-0.05, 0) is 85.8 Å². The van der Waals surface area contributed by atoms with Crippen LogP contribution in [0.4, 0.5) is 5.69 Å². The third-order valence-corrected chi connectivity index (χ3v) is 10.6. The normalized spacial score (nSPS) is 35.3. The number of rotatable bonds is 4. The number of allylic oxidation sites excluding steroid dienone is 2. The highest BCUT2D eigenvalue weighted by Gasteiger charge is 2.59. The van der Waals surface area contributed by atoms with Crippen molar-refractivity contribution in [3.8, 4) is 0 Å². The third kappa shape index (κ3) is 4.14. The van der Waals surface area contributed by atoms with E-state index in [4.69, 9.17) is 27.9 Å². The molecule has 1 aliphatic heterocycles. The monoisotopic (exact) mass is 532 g/mol. The van der Waals surface area contributed by atoms with Crippen molar-refractivity contribution in [2.45, 2.75) is 65.2 Å². The molecule has 6 nitrogen and oxygen atoms in total. The first-order valence-electron chi connectivity index (χ1n) is 12.9. The quantitative estimate of drug-likeness (QED) is 0.446. The molecule has 5 rings (SSSR count). The van der Waals surface area contributed by atoms with E-state index in [-0.39, 0.29) is 33.2 Å². The van der Waals surface area contributed by atoms with E-state index in [1.165, 1.54) is 7.11 Å². The average Bonchev–Trinajstić information content (AvgIpc) is 3.16. The maximum Gasteiger partial charge on any atom is 0.339 e. The fourth-order valence-corrected chi connectivity index (χ4v) is 8.71. The number of fused-ring (bicyclic) bond motifs is 5. The van der Waals surface area contributed by atoms with Crippen LogP contribution in [0.25, 0.3) is 0 Å². The Labute approximate surface area is 222 Å². The van der Waals surface area contributed by atoms with Crippen LogP contribution in [-0.4, -0.2) is 24.9 Å². The SMILES string of the molecule is COC(=O)c1ccc(NC(=O)C[C@H]2CCC3C4CC(Cl)=C5NC(=O)CC[C@]5(C)C4CC[C@@]32C)cc1Cl. The number of carbonyl (C=O) groups excluding carboxylic acids is 3. The summed E-state index contributed by atoms with van der Waals surface area (Å²) in [6.45, 7) is 4.67. The molecule has 2 N–H and O–H groups in total. The number of anilines is 1. The molecule has 1 saturated heterocycles. The van der Waals surface area contributed by atoms with Crippen molar-refractivity contribution in [1.29, 1.82) is 0 Å². The molecule has 0 radical (unpaired) electrons. The van der Waals surface area contributed by atoms with Crippen LogP contribution in [0.15, 0.2) is 28.9 Å². The molecule has 1 aromatic rings. The van der Waals surface area contributed by atoms with Gasteiger partial charge in [0.1, 0.15) is 0 Å². The van der Waals surface area contributed by atoms with Gasteiger partial charge in [0.05, 0.1) is 17.7 Å². The minimum absolute atomic E-state index is 0.0308. The Balaban J connectivity index is 1.29. The highest BCUT2D eigenvalue weighted by Crippen LogP contribution is 2.66. The molecule has 0 aromatic heterocycles. The van der Waals surface area contributed by atoms with Gasteiger partial charge in [-0.25, -0.2) is 4.79 Å². The molecule has 3 fully saturated rings. The molecular weight excluding hydrogens is 499 g/mol. The van der Waals surface area contributed by atoms with Gasteiger partial charge >= 0.3 is 5.97 Å². The van der Waals surface area contributed by atoms with Gasteiger partial charge in [-0.1, -0.05) is 37.0 Å². The van der Waals surface area contributed by atoms with Gasteiger partial charge in [0.15, 0.2) is 0 Å². The van der Waals surface area contributed by atoms with Crippen LogP contribution in [0.2, 0.25) is 5.02 Å². The van der Waals surface area contributed by atoms with Crippen LogP contribution >= 0.6 is 23.2 Å². The molecule has 3 unspecified atom stereocenters. The lowest BCUT2D eigenvalue weighted by atomic mass is 9.49. The molecule has 2 saturated carbocycles. The first kappa shape index (κ1) is 25.6. The first-order valence-corrected chi connectivity index (χ1v) is 13.7. The van der Waals surface area contributed by atoms with Crippen molar-refractivity contribution in [3.05, 3.63) is 39.5 Å². The van der Waals surface area contributed by atoms with Gasteiger partial charge in [0.25, 0.3) is 0 Å². The van der Waals surface area contributed by atoms with E-state index in [0.717, 1.165) is 49.3 Å². The summed E-state index contributed by atoms with van der Waals surface area (Å²) in [6, 6.07) is 4.84. The van der Waals surface area contributed by atoms with Gasteiger partial charge in [-0.2, -0.15) is 0 Å². The van der Waals surface area contributed by atoms with Crippen LogP contribution in [0.5, 0.6) is 0 Å². The average molecular weight is 533 g/mol. The van der Waals surface area contributed by atoms with Gasteiger partial charge in [-0.15, -0.1) is 0 Å². The summed E-state index contributed by atoms with van der Waals surface area (Å²) in [5.41, 5.74) is 1.84. The Bertz CT molecular complexity index is 1150. The number of halogens is 2. The summed E-state index contributed by atoms with van der Waals surface area (Å²) in [5.74, 6) is 1.36. The van der Waals surface area contributed by atoms with Crippen molar-refractivity contribution >= 4 is 46.7 Å². The Morgan fingerprint density at radius 3 is 2.64 bits per heavy atom. The number of esters is 1. The summed E-state index contributed by atoms with van der Waals surface area (Å²) in [7, 11) is 1.31. The fraction of sp³-hybridized carbons (Fsp3) is 0.607. The zero-order valence-electron chi connectivity index (χ0n) is 21.1. The van der Waals surface area contributed by atoms with Crippen LogP contribution in [0.1, 0.15) is 75.6 Å². The lowest BCUT2D eigenvalue weighted by Gasteiger charge is -2.57. The molecule has 194 valence electrons. The number of piperidine rings is 1. The summed E-state index contributed by atoms with van der Waals surface area (Å²) >= 11 is 13.1. The zero-order chi connectivity index (χ0) is 25.8. The smallest absolute Gasteiger partial charge is 0.339 e. The predicted octanol–water partition coefficient (Wildman–Crippen LogP) is 6.28. The van der Waals surface area contributed by atoms with E-state index in [1.807, 2.05) is 0 Å². The standard InChI is InChI=1S/C28H34Cl2N2O4/c1-27-10-8-20-18(14-22(30)25-28(20,2)11-9-23(33)32-25)19(27)7-4-15(27)12-24(34)31-16-5-6-17(21(29)13-16)26(35)36-3/h5-6,13,15,18-20H,4,7-12,14H2,1-3H3,(H,31,34)(H,32,33)/t15-,18?,19?,20?,27-,28-/m1/s1. The molecule has 1 aromatic carbocycles. The lowest BCUT2D eigenvalue weighted by Crippen LogP contribution is -2.54. The Morgan fingerprint density at radius 2 is 1.92 bits per heavy atom. The van der Waals surface area contributed by atoms with Gasteiger partial charge < -0.3 is 15.4 Å². The molecule has 6 atom stereocenters. The predicted molar refractivity (Wildman–Crippen MR) is 140 cm³/mol. The van der Waals surface area contributed by atoms with Crippen LogP contribution < -0.4 is 10.6 Å². The first-order chi connectivity index (χ1) is 17.1. The van der Waals surface area contributed by atoms with E-state index >= 15 is 0 Å². The van der Waals surface area contributed by atoms with Gasteiger partial charge in [0, 0.05) is 34.7 Å². The maximum absolute atomic E-state index is 13.1. The number of hydrogen-bond donors (Lipinski definition) is 2. The maximum atomic E-state index is 13.1. The van der Waals surface area contributed by atoms with Crippen LogP contribution in [0, 0.1) is 34.5 Å². The third-order valence-electron chi connectivity index (χ3n) is 9.93. The van der Waals surface area contributed by atoms with Gasteiger partial charge in [-0.3, -0.25) is 9.59 Å². The Morgan fingerprint density at radius 1 is 1.14 bits per heavy atom. The number of hydrogen-bond acceptors (Lipinski definition) is 4. The molecule has 1 heterocycles. The largest absolute Gasteiger partial charge is 0.465 e. The number of nitrogens with one attached hydrogen (secondary N) is 2. The number of ether oxygens (including phenoxy) is 1. The molecule has 4 aliphatic rings. The van der Waals surface area contributed by atoms with Crippen LogP contribution in [0.3, 0.4) is 0 Å². The number of amides is 2. The molecule has 0 bridgehead atoms. The summed E-state index contributed by atoms with van der Waals surface area (Å²) in [6.07, 6.45) is 7.02. The summed E-state index contributed by atoms with van der Waals surface area (Å²) in [5, 5.41) is 7.15. The highest BCUT2D eigenvalue weighted by molar-refractivity contribution is 6.34. The Hall–Kier alpha value is -2.05. The molecule has 0 spiro atoms. The zero-order valence-corrected chi connectivity index (χ0v) is 22.6. The topological polar surface area (TPSA) is 84.5 Å². The molecule has 36 heavy (non-hydrogen) atoms. The van der Waals surface area contributed by atoms with Crippen molar-refractivity contribution in [3.63, 3.8) is 0 Å². The van der Waals surface area contributed by atoms with Crippen molar-refractivity contribution in [1.82, 2.24) is 5.32 Å². The highest BCUT2D eigenvalue weighted by atomic mass is 35.5. The second kappa shape index (κ2) is 9.36. The summed E-state index contributed by atoms with van der Waals surface area (Å²) < 4.78 is 4.73. The van der Waals surface area contributed by atoms with Crippen molar-refractivity contribution < 1.29 is 19.1 Å². The fourth-order valence-electron chi connectivity index (χ4n) is 8.01. The number of methoxy groups -OCH3 is 1. The van der Waals surface area contributed by atoms with Gasteiger partial charge in [0.2, 0.25) is 11.8 Å². The molecule has 2 amide bonds. The minimum atomic E-state index is -0.507. The van der Waals surface area contributed by atoms with E-state index in [9.17, 15) is 14.4 Å². The van der Waals surface area contributed by atoms with Crippen LogP contribution in [-0.2, 0) is 14.3 Å². The van der Waals surface area contributed by atoms with E-state index in [0.29, 0.717) is 42.2 Å². The van der Waals surface area contributed by atoms with E-state index in [2.05, 4.69) is 24.5 Å². The van der Waals surface area contributed by atoms with E-state index in [1.54, 1.807) is 18.2 Å². The molecule has 3 aliphatic carbocycles. The molecular formula is C28H34Cl2N2O4. The second-order valence-corrected chi connectivity index (χ2v) is 12.4. The Kier molecular flexibility index (Phi) is 6.65. The second-order valence-electron chi connectivity index (χ2n) is 11.6. The number of benzene rings is 1.